The van der Waals surface area contributed by atoms with Gasteiger partial charge in [0.25, 0.3) is 0 Å². The predicted molar refractivity (Wildman–Crippen MR) is 126 cm³/mol. The number of thioether (sulfide) groups is 1. The summed E-state index contributed by atoms with van der Waals surface area (Å²) in [4.78, 5) is 12.3. The first kappa shape index (κ1) is 22.9. The zero-order chi connectivity index (χ0) is 22.4. The Labute approximate surface area is 188 Å². The molecule has 1 N–H and O–H groups in total. The Morgan fingerprint density at radius 3 is 2.42 bits per heavy atom. The van der Waals surface area contributed by atoms with E-state index in [0.717, 1.165) is 22.8 Å². The van der Waals surface area contributed by atoms with Crippen molar-refractivity contribution in [2.75, 3.05) is 19.4 Å². The maximum atomic E-state index is 12.3. The Kier molecular flexibility index (Phi) is 7.74. The van der Waals surface area contributed by atoms with Crippen molar-refractivity contribution in [2.24, 2.45) is 5.92 Å². The molecule has 6 nitrogen and oxygen atoms in total. The molecule has 1 amide bonds. The van der Waals surface area contributed by atoms with Gasteiger partial charge in [0, 0.05) is 12.1 Å². The van der Waals surface area contributed by atoms with E-state index in [2.05, 4.69) is 59.9 Å². The van der Waals surface area contributed by atoms with Gasteiger partial charge in [0.15, 0.2) is 11.0 Å². The van der Waals surface area contributed by atoms with E-state index in [0.29, 0.717) is 23.5 Å². The number of amides is 1. The van der Waals surface area contributed by atoms with E-state index in [1.165, 1.54) is 17.3 Å². The molecule has 1 aromatic heterocycles. The third kappa shape index (κ3) is 5.67. The topological polar surface area (TPSA) is 69.0 Å². The summed E-state index contributed by atoms with van der Waals surface area (Å²) in [6, 6.07) is 16.0. The monoisotopic (exact) mass is 438 g/mol. The lowest BCUT2D eigenvalue weighted by molar-refractivity contribution is -0.118. The lowest BCUT2D eigenvalue weighted by Gasteiger charge is -2.17. The molecule has 164 valence electrons. The van der Waals surface area contributed by atoms with Crippen molar-refractivity contribution in [3.8, 4) is 22.8 Å². The Morgan fingerprint density at radius 1 is 1.06 bits per heavy atom. The number of ether oxygens (including phenoxy) is 1. The highest BCUT2D eigenvalue weighted by Crippen LogP contribution is 2.32. The highest BCUT2D eigenvalue weighted by Gasteiger charge is 2.20. The first-order valence-electron chi connectivity index (χ1n) is 10.5. The van der Waals surface area contributed by atoms with E-state index in [-0.39, 0.29) is 11.7 Å². The lowest BCUT2D eigenvalue weighted by Crippen LogP contribution is -2.28. The fraction of sp³-hybridized carbons (Fsp3) is 0.375. The molecule has 0 saturated carbocycles. The molecule has 0 spiro atoms. The maximum absolute atomic E-state index is 12.3. The molecule has 0 fully saturated rings. The average molecular weight is 439 g/mol. The summed E-state index contributed by atoms with van der Waals surface area (Å²) in [5, 5.41) is 12.6. The molecular weight excluding hydrogens is 408 g/mol. The molecule has 0 aliphatic rings. The van der Waals surface area contributed by atoms with Crippen LogP contribution >= 0.6 is 11.8 Å². The second-order valence-corrected chi connectivity index (χ2v) is 9.01. The molecular formula is C24H30N4O2S. The second kappa shape index (κ2) is 10.5. The predicted octanol–water partition coefficient (Wildman–Crippen LogP) is 4.93. The third-order valence-electron chi connectivity index (χ3n) is 4.82. The van der Waals surface area contributed by atoms with Gasteiger partial charge in [0.1, 0.15) is 5.75 Å². The number of carbonyl (C=O) groups excluding carboxylic acids is 1. The number of carbonyl (C=O) groups is 1. The Balaban J connectivity index is 2.00. The summed E-state index contributed by atoms with van der Waals surface area (Å²) in [5.41, 5.74) is 3.16. The van der Waals surface area contributed by atoms with Gasteiger partial charge in [-0.1, -0.05) is 57.7 Å². The van der Waals surface area contributed by atoms with Crippen molar-refractivity contribution < 1.29 is 9.53 Å². The van der Waals surface area contributed by atoms with E-state index in [1.807, 2.05) is 36.4 Å². The van der Waals surface area contributed by atoms with Gasteiger partial charge in [-0.25, -0.2) is 0 Å². The zero-order valence-electron chi connectivity index (χ0n) is 18.8. The van der Waals surface area contributed by atoms with Crippen molar-refractivity contribution in [3.05, 3.63) is 54.1 Å². The quantitative estimate of drug-likeness (QED) is 0.480. The first-order valence-corrected chi connectivity index (χ1v) is 11.5. The van der Waals surface area contributed by atoms with Gasteiger partial charge in [-0.2, -0.15) is 0 Å². The molecule has 2 aromatic carbocycles. The molecule has 0 radical (unpaired) electrons. The number of nitrogens with one attached hydrogen (secondary N) is 1. The number of nitrogens with zero attached hydrogens (tertiary/aromatic N) is 3. The Hall–Kier alpha value is -2.80. The number of hydrogen-bond acceptors (Lipinski definition) is 5. The lowest BCUT2D eigenvalue weighted by atomic mass is 10.0. The van der Waals surface area contributed by atoms with Crippen LogP contribution in [0.1, 0.15) is 39.2 Å². The molecule has 0 saturated heterocycles. The van der Waals surface area contributed by atoms with Crippen LogP contribution in [0.25, 0.3) is 17.1 Å². The van der Waals surface area contributed by atoms with Crippen LogP contribution in [0.5, 0.6) is 5.75 Å². The molecule has 7 heteroatoms. The molecule has 3 rings (SSSR count). The average Bonchev–Trinajstić information content (AvgIpc) is 3.20. The molecule has 0 aliphatic carbocycles. The molecule has 0 unspecified atom stereocenters. The Morgan fingerprint density at radius 2 is 1.77 bits per heavy atom. The SMILES string of the molecule is COc1ccc(-c2nnc(SCC(=O)NCC(C)C)n2-c2ccccc2C(C)C)cc1. The van der Waals surface area contributed by atoms with E-state index >= 15 is 0 Å². The fourth-order valence-corrected chi connectivity index (χ4v) is 3.96. The van der Waals surface area contributed by atoms with Crippen LogP contribution in [0.4, 0.5) is 0 Å². The number of methoxy groups -OCH3 is 1. The number of aromatic nitrogens is 3. The highest BCUT2D eigenvalue weighted by atomic mass is 32.2. The minimum atomic E-state index is -0.00334. The molecule has 0 atom stereocenters. The molecule has 1 heterocycles. The summed E-state index contributed by atoms with van der Waals surface area (Å²) in [6.45, 7) is 9.16. The van der Waals surface area contributed by atoms with Crippen molar-refractivity contribution >= 4 is 17.7 Å². The summed E-state index contributed by atoms with van der Waals surface area (Å²) in [6.07, 6.45) is 0. The summed E-state index contributed by atoms with van der Waals surface area (Å²) < 4.78 is 7.34. The van der Waals surface area contributed by atoms with Gasteiger partial charge >= 0.3 is 0 Å². The van der Waals surface area contributed by atoms with E-state index < -0.39 is 0 Å². The molecule has 31 heavy (non-hydrogen) atoms. The third-order valence-corrected chi connectivity index (χ3v) is 5.75. The smallest absolute Gasteiger partial charge is 0.230 e. The summed E-state index contributed by atoms with van der Waals surface area (Å²) in [5.74, 6) is 2.55. The molecule has 0 aliphatic heterocycles. The van der Waals surface area contributed by atoms with E-state index in [1.54, 1.807) is 7.11 Å². The normalized spacial score (nSPS) is 11.2. The van der Waals surface area contributed by atoms with Crippen LogP contribution < -0.4 is 10.1 Å². The van der Waals surface area contributed by atoms with Crippen molar-refractivity contribution in [2.45, 2.75) is 38.8 Å². The van der Waals surface area contributed by atoms with Gasteiger partial charge in [-0.15, -0.1) is 10.2 Å². The first-order chi connectivity index (χ1) is 14.9. The van der Waals surface area contributed by atoms with Crippen LogP contribution in [0.15, 0.2) is 53.7 Å². The van der Waals surface area contributed by atoms with Crippen molar-refractivity contribution in [1.82, 2.24) is 20.1 Å². The molecule has 3 aromatic rings. The highest BCUT2D eigenvalue weighted by molar-refractivity contribution is 7.99. The van der Waals surface area contributed by atoms with Crippen molar-refractivity contribution in [3.63, 3.8) is 0 Å². The van der Waals surface area contributed by atoms with Gasteiger partial charge in [-0.3, -0.25) is 9.36 Å². The van der Waals surface area contributed by atoms with Gasteiger partial charge in [0.05, 0.1) is 18.6 Å². The standard InChI is InChI=1S/C24H30N4O2S/c1-16(2)14-25-22(29)15-31-24-27-26-23(18-10-12-19(30-5)13-11-18)28(24)21-9-7-6-8-20(21)17(3)4/h6-13,16-17H,14-15H2,1-5H3,(H,25,29). The Bertz CT molecular complexity index is 1010. The number of benzene rings is 2. The summed E-state index contributed by atoms with van der Waals surface area (Å²) >= 11 is 1.40. The van der Waals surface area contributed by atoms with Gasteiger partial charge in [0.2, 0.25) is 5.91 Å². The number of hydrogen-bond donors (Lipinski definition) is 1. The van der Waals surface area contributed by atoms with Crippen molar-refractivity contribution in [1.29, 1.82) is 0 Å². The minimum Gasteiger partial charge on any atom is -0.497 e. The van der Waals surface area contributed by atoms with Gasteiger partial charge < -0.3 is 10.1 Å². The van der Waals surface area contributed by atoms with E-state index in [4.69, 9.17) is 4.74 Å². The van der Waals surface area contributed by atoms with Crippen LogP contribution in [-0.4, -0.2) is 40.1 Å². The van der Waals surface area contributed by atoms with E-state index in [9.17, 15) is 4.79 Å². The van der Waals surface area contributed by atoms with Crippen LogP contribution in [0.2, 0.25) is 0 Å². The van der Waals surface area contributed by atoms with Gasteiger partial charge in [-0.05, 0) is 47.7 Å². The zero-order valence-corrected chi connectivity index (χ0v) is 19.6. The van der Waals surface area contributed by atoms with Crippen LogP contribution in [0.3, 0.4) is 0 Å². The fourth-order valence-electron chi connectivity index (χ4n) is 3.19. The second-order valence-electron chi connectivity index (χ2n) is 8.07. The maximum Gasteiger partial charge on any atom is 0.230 e. The van der Waals surface area contributed by atoms with Crippen LogP contribution in [-0.2, 0) is 4.79 Å². The summed E-state index contributed by atoms with van der Waals surface area (Å²) in [7, 11) is 1.65. The number of rotatable bonds is 9. The number of para-hydroxylation sites is 1. The minimum absolute atomic E-state index is 0.00334. The largest absolute Gasteiger partial charge is 0.497 e. The molecule has 0 bridgehead atoms. The van der Waals surface area contributed by atoms with Crippen LogP contribution in [0, 0.1) is 5.92 Å².